The summed E-state index contributed by atoms with van der Waals surface area (Å²) in [5.74, 6) is -3.93. The van der Waals surface area contributed by atoms with Crippen LogP contribution in [0.1, 0.15) is 84.5 Å². The lowest BCUT2D eigenvalue weighted by Crippen LogP contribution is -2.09. The summed E-state index contributed by atoms with van der Waals surface area (Å²) in [4.78, 5) is 22.8. The van der Waals surface area contributed by atoms with Crippen molar-refractivity contribution in [2.45, 2.75) is 75.0 Å². The van der Waals surface area contributed by atoms with E-state index in [2.05, 4.69) is 29.9 Å². The van der Waals surface area contributed by atoms with Gasteiger partial charge >= 0.3 is 0 Å². The second-order valence-corrected chi connectivity index (χ2v) is 10.2. The van der Waals surface area contributed by atoms with Gasteiger partial charge in [-0.1, -0.05) is 0 Å². The van der Waals surface area contributed by atoms with Crippen LogP contribution < -0.4 is 0 Å². The number of nitrogens with zero attached hydrogens (tertiary/aromatic N) is 4. The predicted molar refractivity (Wildman–Crippen MR) is 134 cm³/mol. The molecule has 6 rings (SSSR count). The van der Waals surface area contributed by atoms with E-state index in [0.29, 0.717) is 24.5 Å². The van der Waals surface area contributed by atoms with Crippen molar-refractivity contribution >= 4 is 0 Å². The molecule has 38 heavy (non-hydrogen) atoms. The Labute approximate surface area is 218 Å². The van der Waals surface area contributed by atoms with E-state index in [-0.39, 0.29) is 37.5 Å². The Hall–Kier alpha value is -3.56. The molecule has 0 saturated heterocycles. The number of hydrogen-bond acceptors (Lipinski definition) is 4. The molecule has 2 fully saturated rings. The van der Waals surface area contributed by atoms with Crippen molar-refractivity contribution < 1.29 is 17.6 Å². The standard InChI is InChI=1S/2C14H15F2N3/c2*15-14(16)4-1-11(8-14)13-18-9-12(19-13)7-10-2-5-17-6-3-10/h2*2-3,5-6,9,11H,1,4,7-8H2,(H,18,19)/t11-;/m1./s1. The van der Waals surface area contributed by atoms with Crippen molar-refractivity contribution in [2.24, 2.45) is 0 Å². The van der Waals surface area contributed by atoms with Crippen LogP contribution in [-0.4, -0.2) is 41.7 Å². The summed E-state index contributed by atoms with van der Waals surface area (Å²) in [6.07, 6.45) is 12.7. The fourth-order valence-corrected chi connectivity index (χ4v) is 5.16. The molecular formula is C28H30F4N6. The van der Waals surface area contributed by atoms with Gasteiger partial charge in [0.15, 0.2) is 0 Å². The first kappa shape index (κ1) is 26.1. The van der Waals surface area contributed by atoms with Crippen LogP contribution in [0.2, 0.25) is 0 Å². The van der Waals surface area contributed by atoms with Crippen molar-refractivity contribution in [3.8, 4) is 0 Å². The Bertz CT molecular complexity index is 1200. The predicted octanol–water partition coefficient (Wildman–Crippen LogP) is 6.60. The van der Waals surface area contributed by atoms with Crippen LogP contribution >= 0.6 is 0 Å². The molecule has 2 aliphatic rings. The molecule has 4 aromatic heterocycles. The summed E-state index contributed by atoms with van der Waals surface area (Å²) in [5, 5.41) is 0. The largest absolute Gasteiger partial charge is 0.345 e. The van der Waals surface area contributed by atoms with E-state index >= 15 is 0 Å². The monoisotopic (exact) mass is 526 g/mol. The maximum absolute atomic E-state index is 13.2. The Morgan fingerprint density at radius 3 is 1.39 bits per heavy atom. The van der Waals surface area contributed by atoms with Gasteiger partial charge < -0.3 is 9.97 Å². The van der Waals surface area contributed by atoms with E-state index in [1.54, 1.807) is 37.2 Å². The third kappa shape index (κ3) is 6.85. The van der Waals surface area contributed by atoms with Gasteiger partial charge in [0.1, 0.15) is 11.6 Å². The number of hydrogen-bond donors (Lipinski definition) is 2. The van der Waals surface area contributed by atoms with Gasteiger partial charge in [-0.15, -0.1) is 0 Å². The van der Waals surface area contributed by atoms with Crippen molar-refractivity contribution in [3.05, 3.63) is 95.6 Å². The summed E-state index contributed by atoms with van der Waals surface area (Å²) in [7, 11) is 0. The van der Waals surface area contributed by atoms with E-state index in [0.717, 1.165) is 35.4 Å². The normalized spacial score (nSPS) is 21.7. The first-order valence-corrected chi connectivity index (χ1v) is 12.9. The van der Waals surface area contributed by atoms with Crippen LogP contribution in [0.25, 0.3) is 0 Å². The number of pyridine rings is 2. The highest BCUT2D eigenvalue weighted by Crippen LogP contribution is 2.44. The number of rotatable bonds is 6. The molecule has 4 heterocycles. The maximum Gasteiger partial charge on any atom is 0.248 e. The molecule has 4 aromatic rings. The van der Waals surface area contributed by atoms with Crippen LogP contribution in [0.15, 0.2) is 61.4 Å². The topological polar surface area (TPSA) is 83.1 Å². The number of H-pyrrole nitrogens is 2. The van der Waals surface area contributed by atoms with Crippen LogP contribution in [0.3, 0.4) is 0 Å². The molecule has 200 valence electrons. The minimum absolute atomic E-state index is 0.0297. The molecule has 2 atom stereocenters. The average molecular weight is 527 g/mol. The lowest BCUT2D eigenvalue weighted by atomic mass is 10.1. The molecule has 6 nitrogen and oxygen atoms in total. The van der Waals surface area contributed by atoms with Gasteiger partial charge in [0.25, 0.3) is 0 Å². The van der Waals surface area contributed by atoms with E-state index in [4.69, 9.17) is 0 Å². The van der Waals surface area contributed by atoms with E-state index in [1.165, 1.54) is 0 Å². The van der Waals surface area contributed by atoms with Gasteiger partial charge in [-0.25, -0.2) is 27.5 Å². The number of aromatic amines is 2. The third-order valence-corrected chi connectivity index (χ3v) is 7.16. The first-order chi connectivity index (χ1) is 18.2. The molecule has 2 aliphatic carbocycles. The minimum Gasteiger partial charge on any atom is -0.345 e. The van der Waals surface area contributed by atoms with Gasteiger partial charge in [-0.3, -0.25) is 9.97 Å². The van der Waals surface area contributed by atoms with Crippen molar-refractivity contribution in [2.75, 3.05) is 0 Å². The van der Waals surface area contributed by atoms with E-state index in [9.17, 15) is 17.6 Å². The maximum atomic E-state index is 13.2. The van der Waals surface area contributed by atoms with Crippen LogP contribution in [-0.2, 0) is 12.8 Å². The first-order valence-electron chi connectivity index (χ1n) is 12.9. The van der Waals surface area contributed by atoms with Gasteiger partial charge in [0, 0.05) is 98.9 Å². The molecular weight excluding hydrogens is 496 g/mol. The van der Waals surface area contributed by atoms with Gasteiger partial charge in [0.2, 0.25) is 11.8 Å². The molecule has 10 heteroatoms. The smallest absolute Gasteiger partial charge is 0.248 e. The highest BCUT2D eigenvalue weighted by atomic mass is 19.3. The number of halogens is 4. The summed E-state index contributed by atoms with van der Waals surface area (Å²) in [6, 6.07) is 7.74. The highest BCUT2D eigenvalue weighted by molar-refractivity contribution is 5.20. The molecule has 0 radical (unpaired) electrons. The average Bonchev–Trinajstić information content (AvgIpc) is 3.68. The zero-order chi connectivity index (χ0) is 26.6. The third-order valence-electron chi connectivity index (χ3n) is 7.16. The Morgan fingerprint density at radius 1 is 0.658 bits per heavy atom. The minimum atomic E-state index is -2.53. The number of alkyl halides is 4. The zero-order valence-electron chi connectivity index (χ0n) is 20.9. The second-order valence-electron chi connectivity index (χ2n) is 10.2. The fraction of sp³-hybridized carbons (Fsp3) is 0.429. The van der Waals surface area contributed by atoms with Gasteiger partial charge in [-0.2, -0.15) is 0 Å². The summed E-state index contributed by atoms with van der Waals surface area (Å²) in [5.41, 5.74) is 4.16. The van der Waals surface area contributed by atoms with Crippen molar-refractivity contribution in [1.29, 1.82) is 0 Å². The SMILES string of the molecule is FC1(F)CCC(c2ncc(Cc3ccncc3)[nH]2)C1.FC1(F)CC[C@@H](c2ncc(Cc3ccncc3)[nH]2)C1. The lowest BCUT2D eigenvalue weighted by molar-refractivity contribution is 0.00686. The number of nitrogens with one attached hydrogen (secondary N) is 2. The molecule has 0 bridgehead atoms. The number of aromatic nitrogens is 6. The van der Waals surface area contributed by atoms with E-state index < -0.39 is 11.8 Å². The van der Waals surface area contributed by atoms with Crippen LogP contribution in [0.5, 0.6) is 0 Å². The van der Waals surface area contributed by atoms with Gasteiger partial charge in [-0.05, 0) is 48.2 Å². The Morgan fingerprint density at radius 2 is 1.05 bits per heavy atom. The van der Waals surface area contributed by atoms with E-state index in [1.807, 2.05) is 24.3 Å². The summed E-state index contributed by atoms with van der Waals surface area (Å²) < 4.78 is 52.7. The lowest BCUT2D eigenvalue weighted by Gasteiger charge is -2.07. The molecule has 2 saturated carbocycles. The molecule has 0 aromatic carbocycles. The fourth-order valence-electron chi connectivity index (χ4n) is 5.16. The van der Waals surface area contributed by atoms with Gasteiger partial charge in [0.05, 0.1) is 0 Å². The molecule has 1 unspecified atom stereocenters. The van der Waals surface area contributed by atoms with Crippen LogP contribution in [0, 0.1) is 0 Å². The quantitative estimate of drug-likeness (QED) is 0.278. The molecule has 0 amide bonds. The summed E-state index contributed by atoms with van der Waals surface area (Å²) >= 11 is 0. The molecule has 0 aliphatic heterocycles. The number of imidazole rings is 2. The highest BCUT2D eigenvalue weighted by Gasteiger charge is 2.42. The molecule has 2 N–H and O–H groups in total. The molecule has 0 spiro atoms. The Balaban J connectivity index is 0.000000155. The van der Waals surface area contributed by atoms with Crippen LogP contribution in [0.4, 0.5) is 17.6 Å². The summed E-state index contributed by atoms with van der Waals surface area (Å²) in [6.45, 7) is 0. The Kier molecular flexibility index (Phi) is 7.58. The second kappa shape index (κ2) is 11.0. The van der Waals surface area contributed by atoms with Crippen molar-refractivity contribution in [1.82, 2.24) is 29.9 Å². The van der Waals surface area contributed by atoms with Crippen molar-refractivity contribution in [3.63, 3.8) is 0 Å². The zero-order valence-corrected chi connectivity index (χ0v) is 20.9.